The van der Waals surface area contributed by atoms with Crippen LogP contribution in [-0.2, 0) is 24.0 Å². The van der Waals surface area contributed by atoms with Gasteiger partial charge in [-0.05, 0) is 80.2 Å². The second-order valence-electron chi connectivity index (χ2n) is 15.6. The predicted molar refractivity (Wildman–Crippen MR) is 183 cm³/mol. The molecule has 1 aromatic heterocycles. The lowest BCUT2D eigenvalue weighted by Crippen LogP contribution is -2.62. The summed E-state index contributed by atoms with van der Waals surface area (Å²) in [4.78, 5) is 87.6. The van der Waals surface area contributed by atoms with Gasteiger partial charge in [0, 0.05) is 18.8 Å². The molecule has 4 N–H and O–H groups in total. The standard InChI is InChI=1S/C37H54N6O6/c1-5-12-26(30(44)35(48)39-24-18-19-24)40-34(47)29-25-16-11-15-23(25)21-43(29)36(49)31(37(2,3)4)42-33(46)28(22-13-7-6-8-14-22)41-32(45)27-17-9-10-20-38-27/h9-10,17,20,22-26,28-29,31H,5-8,11-16,18-19,21H2,1-4H3,(H,39,48)(H,40,47)(H,41,45)(H,42,46)/t23?,25-,26-,28-,29?,31+/m0/s1. The molecule has 0 spiro atoms. The van der Waals surface area contributed by atoms with Crippen molar-refractivity contribution in [3.8, 4) is 0 Å². The first-order valence-electron chi connectivity index (χ1n) is 18.4. The summed E-state index contributed by atoms with van der Waals surface area (Å²) in [6.45, 7) is 7.88. The van der Waals surface area contributed by atoms with Crippen LogP contribution in [0.15, 0.2) is 24.4 Å². The smallest absolute Gasteiger partial charge is 0.289 e. The Morgan fingerprint density at radius 3 is 2.27 bits per heavy atom. The van der Waals surface area contributed by atoms with Gasteiger partial charge in [0.1, 0.15) is 23.8 Å². The van der Waals surface area contributed by atoms with Crippen molar-refractivity contribution in [1.82, 2.24) is 31.2 Å². The van der Waals surface area contributed by atoms with E-state index in [2.05, 4.69) is 26.3 Å². The fourth-order valence-electron chi connectivity index (χ4n) is 7.95. The van der Waals surface area contributed by atoms with Gasteiger partial charge < -0.3 is 26.2 Å². The van der Waals surface area contributed by atoms with E-state index in [-0.39, 0.29) is 35.4 Å². The zero-order valence-corrected chi connectivity index (χ0v) is 29.5. The fourth-order valence-corrected chi connectivity index (χ4v) is 7.95. The molecular weight excluding hydrogens is 624 g/mol. The zero-order chi connectivity index (χ0) is 35.3. The van der Waals surface area contributed by atoms with Crippen LogP contribution in [0, 0.1) is 23.2 Å². The molecule has 5 rings (SSSR count). The first-order valence-corrected chi connectivity index (χ1v) is 18.4. The molecule has 2 unspecified atom stereocenters. The molecule has 12 heteroatoms. The van der Waals surface area contributed by atoms with Crippen molar-refractivity contribution in [2.24, 2.45) is 23.2 Å². The van der Waals surface area contributed by atoms with E-state index in [1.165, 1.54) is 6.20 Å². The van der Waals surface area contributed by atoms with E-state index in [0.717, 1.165) is 64.2 Å². The van der Waals surface area contributed by atoms with Gasteiger partial charge in [-0.1, -0.05) is 65.9 Å². The SMILES string of the molecule is CCC[C@H](NC(=O)C1[C@H]2CCCC2CN1C(=O)[C@@H](NC(=O)[C@@H](NC(=O)c1ccccn1)C1CCCCC1)C(C)(C)C)C(=O)C(=O)NC1CC1. The number of ketones is 1. The molecule has 268 valence electrons. The molecule has 5 amide bonds. The highest BCUT2D eigenvalue weighted by Gasteiger charge is 2.52. The third kappa shape index (κ3) is 8.86. The van der Waals surface area contributed by atoms with Gasteiger partial charge >= 0.3 is 0 Å². The van der Waals surface area contributed by atoms with Crippen LogP contribution in [0.3, 0.4) is 0 Å². The molecule has 0 aromatic carbocycles. The average molecular weight is 679 g/mol. The molecule has 6 atom stereocenters. The lowest BCUT2D eigenvalue weighted by molar-refractivity contribution is -0.146. The molecule has 4 fully saturated rings. The number of aromatic nitrogens is 1. The zero-order valence-electron chi connectivity index (χ0n) is 29.5. The molecular formula is C37H54N6O6. The number of fused-ring (bicyclic) bond motifs is 1. The van der Waals surface area contributed by atoms with Crippen molar-refractivity contribution in [3.05, 3.63) is 30.1 Å². The largest absolute Gasteiger partial charge is 0.347 e. The summed E-state index contributed by atoms with van der Waals surface area (Å²) >= 11 is 0. The van der Waals surface area contributed by atoms with Gasteiger partial charge in [-0.3, -0.25) is 33.8 Å². The van der Waals surface area contributed by atoms with Gasteiger partial charge in [-0.15, -0.1) is 0 Å². The summed E-state index contributed by atoms with van der Waals surface area (Å²) in [5.41, 5.74) is -0.517. The Morgan fingerprint density at radius 1 is 0.898 bits per heavy atom. The number of carbonyl (C=O) groups excluding carboxylic acids is 6. The maximum absolute atomic E-state index is 14.6. The molecule has 3 saturated carbocycles. The number of likely N-dealkylation sites (tertiary alicyclic amines) is 1. The van der Waals surface area contributed by atoms with Crippen LogP contribution < -0.4 is 21.3 Å². The van der Waals surface area contributed by atoms with Gasteiger partial charge in [0.25, 0.3) is 11.8 Å². The van der Waals surface area contributed by atoms with Crippen molar-refractivity contribution in [3.63, 3.8) is 0 Å². The first kappa shape index (κ1) is 36.5. The number of pyridine rings is 1. The highest BCUT2D eigenvalue weighted by molar-refractivity contribution is 6.38. The summed E-state index contributed by atoms with van der Waals surface area (Å²) in [7, 11) is 0. The summed E-state index contributed by atoms with van der Waals surface area (Å²) in [5, 5.41) is 11.5. The van der Waals surface area contributed by atoms with Gasteiger partial charge in [0.15, 0.2) is 0 Å². The van der Waals surface area contributed by atoms with Crippen LogP contribution in [-0.4, -0.2) is 82.0 Å². The summed E-state index contributed by atoms with van der Waals surface area (Å²) < 4.78 is 0. The lowest BCUT2D eigenvalue weighted by atomic mass is 9.82. The summed E-state index contributed by atoms with van der Waals surface area (Å²) in [6.07, 6.45) is 11.2. The molecule has 1 aliphatic heterocycles. The molecule has 49 heavy (non-hydrogen) atoms. The van der Waals surface area contributed by atoms with Gasteiger partial charge in [-0.25, -0.2) is 0 Å². The van der Waals surface area contributed by atoms with E-state index >= 15 is 0 Å². The Balaban J connectivity index is 1.36. The maximum Gasteiger partial charge on any atom is 0.289 e. The molecule has 1 aromatic rings. The van der Waals surface area contributed by atoms with Gasteiger partial charge in [0.2, 0.25) is 23.5 Å². The van der Waals surface area contributed by atoms with Crippen LogP contribution >= 0.6 is 0 Å². The minimum absolute atomic E-state index is 0.0159. The Kier molecular flexibility index (Phi) is 11.8. The van der Waals surface area contributed by atoms with E-state index in [0.29, 0.717) is 19.4 Å². The number of hydrogen-bond donors (Lipinski definition) is 4. The lowest BCUT2D eigenvalue weighted by Gasteiger charge is -2.38. The first-order chi connectivity index (χ1) is 23.4. The van der Waals surface area contributed by atoms with Gasteiger partial charge in [0.05, 0.1) is 6.04 Å². The number of rotatable bonds is 13. The van der Waals surface area contributed by atoms with E-state index in [4.69, 9.17) is 0 Å². The van der Waals surface area contributed by atoms with Crippen LogP contribution in [0.5, 0.6) is 0 Å². The van der Waals surface area contributed by atoms with Crippen molar-refractivity contribution < 1.29 is 28.8 Å². The Morgan fingerprint density at radius 2 is 1.63 bits per heavy atom. The molecule has 0 bridgehead atoms. The molecule has 2 heterocycles. The van der Waals surface area contributed by atoms with Crippen LogP contribution in [0.25, 0.3) is 0 Å². The second kappa shape index (κ2) is 15.8. The third-order valence-electron chi connectivity index (χ3n) is 10.8. The van der Waals surface area contributed by atoms with Crippen LogP contribution in [0.2, 0.25) is 0 Å². The summed E-state index contributed by atoms with van der Waals surface area (Å²) in [5.74, 6) is -3.06. The molecule has 3 aliphatic carbocycles. The topological polar surface area (TPSA) is 167 Å². The number of hydrogen-bond acceptors (Lipinski definition) is 7. The minimum Gasteiger partial charge on any atom is -0.347 e. The Bertz CT molecular complexity index is 1390. The highest BCUT2D eigenvalue weighted by atomic mass is 16.2. The van der Waals surface area contributed by atoms with Crippen molar-refractivity contribution >= 4 is 35.3 Å². The second-order valence-corrected chi connectivity index (χ2v) is 15.6. The van der Waals surface area contributed by atoms with E-state index in [1.54, 1.807) is 23.1 Å². The third-order valence-corrected chi connectivity index (χ3v) is 10.8. The summed E-state index contributed by atoms with van der Waals surface area (Å²) in [6, 6.07) is 1.41. The molecule has 0 radical (unpaired) electrons. The number of nitrogens with one attached hydrogen (secondary N) is 4. The number of amides is 5. The number of carbonyl (C=O) groups is 6. The van der Waals surface area contributed by atoms with Crippen LogP contribution in [0.4, 0.5) is 0 Å². The predicted octanol–water partition coefficient (Wildman–Crippen LogP) is 3.05. The highest BCUT2D eigenvalue weighted by Crippen LogP contribution is 2.43. The van der Waals surface area contributed by atoms with Crippen molar-refractivity contribution in [2.45, 2.75) is 135 Å². The molecule has 4 aliphatic rings. The van der Waals surface area contributed by atoms with E-state index < -0.39 is 59.0 Å². The van der Waals surface area contributed by atoms with E-state index in [9.17, 15) is 28.8 Å². The molecule has 12 nitrogen and oxygen atoms in total. The normalized spacial score (nSPS) is 24.2. The van der Waals surface area contributed by atoms with Gasteiger partial charge in [-0.2, -0.15) is 0 Å². The van der Waals surface area contributed by atoms with Crippen LogP contribution in [0.1, 0.15) is 115 Å². The fraction of sp³-hybridized carbons (Fsp3) is 0.703. The number of Topliss-reactive ketones (excluding diaryl/α,β-unsaturated/α-hetero) is 1. The quantitative estimate of drug-likeness (QED) is 0.233. The minimum atomic E-state index is -0.982. The van der Waals surface area contributed by atoms with E-state index in [1.807, 2.05) is 27.7 Å². The Hall–Kier alpha value is -3.83. The Labute approximate surface area is 289 Å². The monoisotopic (exact) mass is 678 g/mol. The van der Waals surface area contributed by atoms with Crippen molar-refractivity contribution in [1.29, 1.82) is 0 Å². The maximum atomic E-state index is 14.6. The average Bonchev–Trinajstić information content (AvgIpc) is 3.65. The molecule has 1 saturated heterocycles. The van der Waals surface area contributed by atoms with Crippen molar-refractivity contribution in [2.75, 3.05) is 6.54 Å². The number of nitrogens with zero attached hydrogens (tertiary/aromatic N) is 2.